The van der Waals surface area contributed by atoms with E-state index in [0.717, 1.165) is 12.8 Å². The van der Waals surface area contributed by atoms with Gasteiger partial charge in [0.2, 0.25) is 5.91 Å². The van der Waals surface area contributed by atoms with E-state index in [9.17, 15) is 9.59 Å². The Hall–Kier alpha value is -2.04. The van der Waals surface area contributed by atoms with Crippen LogP contribution in [-0.2, 0) is 11.2 Å². The molecule has 1 atom stereocenters. The second-order valence-corrected chi connectivity index (χ2v) is 6.41. The molecule has 1 saturated heterocycles. The molecule has 0 bridgehead atoms. The Morgan fingerprint density at radius 2 is 1.95 bits per heavy atom. The topological polar surface area (TPSA) is 75.4 Å². The Balaban J connectivity index is 1.59. The molecule has 22 heavy (non-hydrogen) atoms. The molecule has 3 amide bonds. The molecule has 5 heteroatoms. The van der Waals surface area contributed by atoms with Crippen molar-refractivity contribution in [3.63, 3.8) is 0 Å². The van der Waals surface area contributed by atoms with Crippen LogP contribution in [0.1, 0.15) is 42.0 Å². The molecular formula is C17H23N3O2. The average molecular weight is 301 g/mol. The zero-order chi connectivity index (χ0) is 15.7. The molecule has 1 aliphatic heterocycles. The zero-order valence-corrected chi connectivity index (χ0v) is 13.0. The molecule has 0 aromatic heterocycles. The number of hydrogen-bond acceptors (Lipinski definition) is 2. The summed E-state index contributed by atoms with van der Waals surface area (Å²) < 4.78 is 0. The standard InChI is InChI=1S/C17H23N3O2/c1-11-2-4-14-13(10-11)3-5-15(14)19-17(22)20-8-6-12(7-9-20)16(18)21/h2,4,10,12,15H,3,5-9H2,1H3,(H2,18,21)(H,19,22)/t15-/m0/s1. The van der Waals surface area contributed by atoms with E-state index in [4.69, 9.17) is 5.73 Å². The maximum absolute atomic E-state index is 12.4. The van der Waals surface area contributed by atoms with Crippen LogP contribution in [-0.4, -0.2) is 29.9 Å². The van der Waals surface area contributed by atoms with Gasteiger partial charge in [-0.15, -0.1) is 0 Å². The third kappa shape index (κ3) is 2.93. The third-order valence-corrected chi connectivity index (χ3v) is 4.86. The monoisotopic (exact) mass is 301 g/mol. The van der Waals surface area contributed by atoms with Gasteiger partial charge in [-0.25, -0.2) is 4.79 Å². The molecule has 0 unspecified atom stereocenters. The van der Waals surface area contributed by atoms with Crippen molar-refractivity contribution < 1.29 is 9.59 Å². The van der Waals surface area contributed by atoms with Crippen LogP contribution >= 0.6 is 0 Å². The van der Waals surface area contributed by atoms with Crippen molar-refractivity contribution in [3.05, 3.63) is 34.9 Å². The summed E-state index contributed by atoms with van der Waals surface area (Å²) in [5.41, 5.74) is 9.18. The highest BCUT2D eigenvalue weighted by molar-refractivity contribution is 5.78. The summed E-state index contributed by atoms with van der Waals surface area (Å²) >= 11 is 0. The maximum atomic E-state index is 12.4. The Bertz CT molecular complexity index is 592. The van der Waals surface area contributed by atoms with Crippen molar-refractivity contribution in [1.82, 2.24) is 10.2 Å². The first-order valence-corrected chi connectivity index (χ1v) is 7.99. The lowest BCUT2D eigenvalue weighted by molar-refractivity contribution is -0.123. The van der Waals surface area contributed by atoms with Gasteiger partial charge in [0, 0.05) is 19.0 Å². The van der Waals surface area contributed by atoms with Gasteiger partial charge < -0.3 is 16.0 Å². The predicted octanol–water partition coefficient (Wildman–Crippen LogP) is 1.89. The lowest BCUT2D eigenvalue weighted by atomic mass is 9.96. The molecule has 5 nitrogen and oxygen atoms in total. The van der Waals surface area contributed by atoms with Crippen LogP contribution in [0.15, 0.2) is 18.2 Å². The highest BCUT2D eigenvalue weighted by Gasteiger charge is 2.29. The molecule has 1 heterocycles. The molecule has 3 rings (SSSR count). The van der Waals surface area contributed by atoms with Gasteiger partial charge in [0.1, 0.15) is 0 Å². The number of fused-ring (bicyclic) bond motifs is 1. The van der Waals surface area contributed by atoms with Gasteiger partial charge in [0.25, 0.3) is 0 Å². The normalized spacial score (nSPS) is 21.5. The molecule has 1 fully saturated rings. The average Bonchev–Trinajstić information content (AvgIpc) is 2.89. The number of primary amides is 1. The minimum atomic E-state index is -0.250. The first-order valence-electron chi connectivity index (χ1n) is 7.99. The molecule has 118 valence electrons. The van der Waals surface area contributed by atoms with Gasteiger partial charge in [-0.2, -0.15) is 0 Å². The molecule has 3 N–H and O–H groups in total. The van der Waals surface area contributed by atoms with Crippen LogP contribution in [0.2, 0.25) is 0 Å². The minimum Gasteiger partial charge on any atom is -0.369 e. The van der Waals surface area contributed by atoms with E-state index in [1.807, 2.05) is 0 Å². The van der Waals surface area contributed by atoms with Crippen LogP contribution in [0.25, 0.3) is 0 Å². The SMILES string of the molecule is Cc1ccc2c(c1)CC[C@@H]2NC(=O)N1CCC(C(N)=O)CC1. The second kappa shape index (κ2) is 5.99. The summed E-state index contributed by atoms with van der Waals surface area (Å²) in [6.07, 6.45) is 3.32. The Morgan fingerprint density at radius 3 is 2.64 bits per heavy atom. The fraction of sp³-hybridized carbons (Fsp3) is 0.529. The minimum absolute atomic E-state index is 0.0265. The van der Waals surface area contributed by atoms with E-state index in [-0.39, 0.29) is 23.9 Å². The Morgan fingerprint density at radius 1 is 1.23 bits per heavy atom. The van der Waals surface area contributed by atoms with E-state index in [1.165, 1.54) is 16.7 Å². The fourth-order valence-electron chi connectivity index (χ4n) is 3.50. The molecule has 1 aliphatic carbocycles. The molecule has 0 saturated carbocycles. The number of nitrogens with zero attached hydrogens (tertiary/aromatic N) is 1. The van der Waals surface area contributed by atoms with Crippen LogP contribution in [0.3, 0.4) is 0 Å². The number of amides is 3. The Kier molecular flexibility index (Phi) is 4.05. The van der Waals surface area contributed by atoms with Gasteiger partial charge in [-0.1, -0.05) is 23.8 Å². The van der Waals surface area contributed by atoms with E-state index in [1.54, 1.807) is 4.90 Å². The smallest absolute Gasteiger partial charge is 0.317 e. The van der Waals surface area contributed by atoms with E-state index in [0.29, 0.717) is 25.9 Å². The lowest BCUT2D eigenvalue weighted by Gasteiger charge is -2.31. The number of aryl methyl sites for hydroxylation is 2. The molecule has 0 spiro atoms. The number of carbonyl (C=O) groups is 2. The van der Waals surface area contributed by atoms with Crippen LogP contribution in [0, 0.1) is 12.8 Å². The summed E-state index contributed by atoms with van der Waals surface area (Å²) in [5.74, 6) is -0.334. The number of urea groups is 1. The maximum Gasteiger partial charge on any atom is 0.317 e. The number of hydrogen-bond donors (Lipinski definition) is 2. The van der Waals surface area contributed by atoms with Crippen molar-refractivity contribution >= 4 is 11.9 Å². The molecule has 1 aromatic carbocycles. The van der Waals surface area contributed by atoms with Crippen molar-refractivity contribution in [2.75, 3.05) is 13.1 Å². The van der Waals surface area contributed by atoms with E-state index < -0.39 is 0 Å². The summed E-state index contributed by atoms with van der Waals surface area (Å²) in [7, 11) is 0. The molecule has 0 radical (unpaired) electrons. The van der Waals surface area contributed by atoms with Crippen LogP contribution < -0.4 is 11.1 Å². The first kappa shape index (κ1) is 14.9. The number of benzene rings is 1. The predicted molar refractivity (Wildman–Crippen MR) is 84.3 cm³/mol. The number of rotatable bonds is 2. The van der Waals surface area contributed by atoms with Crippen molar-refractivity contribution in [1.29, 1.82) is 0 Å². The number of piperidine rings is 1. The van der Waals surface area contributed by atoms with Gasteiger partial charge in [0.15, 0.2) is 0 Å². The van der Waals surface area contributed by atoms with Crippen LogP contribution in [0.4, 0.5) is 4.79 Å². The summed E-state index contributed by atoms with van der Waals surface area (Å²) in [4.78, 5) is 25.4. The number of likely N-dealkylation sites (tertiary alicyclic amines) is 1. The summed E-state index contributed by atoms with van der Waals surface area (Å²) in [6, 6.07) is 6.52. The fourth-order valence-corrected chi connectivity index (χ4v) is 3.50. The van der Waals surface area contributed by atoms with E-state index in [2.05, 4.69) is 30.4 Å². The molecule has 2 aliphatic rings. The van der Waals surface area contributed by atoms with E-state index >= 15 is 0 Å². The molecular weight excluding hydrogens is 278 g/mol. The van der Waals surface area contributed by atoms with Crippen molar-refractivity contribution in [2.24, 2.45) is 11.7 Å². The lowest BCUT2D eigenvalue weighted by Crippen LogP contribution is -2.46. The number of carbonyl (C=O) groups excluding carboxylic acids is 2. The van der Waals surface area contributed by atoms with Crippen molar-refractivity contribution in [3.8, 4) is 0 Å². The highest BCUT2D eigenvalue weighted by atomic mass is 16.2. The van der Waals surface area contributed by atoms with Gasteiger partial charge in [-0.3, -0.25) is 4.79 Å². The number of nitrogens with one attached hydrogen (secondary N) is 1. The van der Waals surface area contributed by atoms with Crippen molar-refractivity contribution in [2.45, 2.75) is 38.6 Å². The summed E-state index contributed by atoms with van der Waals surface area (Å²) in [6.45, 7) is 3.30. The first-order chi connectivity index (χ1) is 10.5. The quantitative estimate of drug-likeness (QED) is 0.875. The second-order valence-electron chi connectivity index (χ2n) is 6.41. The Labute approximate surface area is 130 Å². The highest BCUT2D eigenvalue weighted by Crippen LogP contribution is 2.32. The largest absolute Gasteiger partial charge is 0.369 e. The third-order valence-electron chi connectivity index (χ3n) is 4.86. The van der Waals surface area contributed by atoms with Gasteiger partial charge in [-0.05, 0) is 43.7 Å². The van der Waals surface area contributed by atoms with Gasteiger partial charge in [0.05, 0.1) is 6.04 Å². The summed E-state index contributed by atoms with van der Waals surface area (Å²) in [5, 5.41) is 3.14. The van der Waals surface area contributed by atoms with Crippen LogP contribution in [0.5, 0.6) is 0 Å². The number of nitrogens with two attached hydrogens (primary N) is 1. The van der Waals surface area contributed by atoms with Gasteiger partial charge >= 0.3 is 6.03 Å². The molecule has 1 aromatic rings. The zero-order valence-electron chi connectivity index (χ0n) is 13.0.